The van der Waals surface area contributed by atoms with Crippen LogP contribution in [0.3, 0.4) is 0 Å². The van der Waals surface area contributed by atoms with Crippen LogP contribution in [0.1, 0.15) is 17.5 Å². The van der Waals surface area contributed by atoms with E-state index in [1.807, 2.05) is 0 Å². The van der Waals surface area contributed by atoms with Crippen LogP contribution in [-0.4, -0.2) is 22.1 Å². The smallest absolute Gasteiger partial charge is 0.289 e. The number of amides is 1. The van der Waals surface area contributed by atoms with Crippen LogP contribution in [0.2, 0.25) is 0 Å². The first-order chi connectivity index (χ1) is 8.15. The Morgan fingerprint density at radius 2 is 2.18 bits per heavy atom. The third kappa shape index (κ3) is 1.84. The number of fused-ring (bicyclic) bond motifs is 1. The van der Waals surface area contributed by atoms with Gasteiger partial charge in [-0.1, -0.05) is 12.1 Å². The van der Waals surface area contributed by atoms with Gasteiger partial charge in [0.1, 0.15) is 0 Å². The zero-order chi connectivity index (χ0) is 12.4. The fourth-order valence-electron chi connectivity index (χ4n) is 1.55. The van der Waals surface area contributed by atoms with Gasteiger partial charge in [-0.15, -0.1) is 0 Å². The zero-order valence-electron chi connectivity index (χ0n) is 9.30. The number of rotatable bonds is 2. The molecule has 0 saturated heterocycles. The number of carbonyl (C=O) groups excluding carboxylic acids is 1. The molecule has 0 aliphatic heterocycles. The van der Waals surface area contributed by atoms with Gasteiger partial charge in [-0.2, -0.15) is 0 Å². The Morgan fingerprint density at radius 1 is 1.47 bits per heavy atom. The fraction of sp³-hybridized carbons (Fsp3) is 0.182. The molecule has 6 nitrogen and oxygen atoms in total. The molecule has 3 N–H and O–H groups in total. The van der Waals surface area contributed by atoms with Crippen LogP contribution < -0.4 is 16.7 Å². The number of hydrogen-bond donors (Lipinski definition) is 2. The number of hydrogen-bond acceptors (Lipinski definition) is 4. The van der Waals surface area contributed by atoms with Crippen LogP contribution in [-0.2, 0) is 0 Å². The fourth-order valence-corrected chi connectivity index (χ4v) is 1.55. The molecule has 1 aromatic heterocycles. The summed E-state index contributed by atoms with van der Waals surface area (Å²) in [5, 5.41) is 2.95. The van der Waals surface area contributed by atoms with Gasteiger partial charge in [-0.05, 0) is 19.1 Å². The van der Waals surface area contributed by atoms with E-state index in [2.05, 4.69) is 10.3 Å². The lowest BCUT2D eigenvalue weighted by molar-refractivity contribution is 0.0942. The van der Waals surface area contributed by atoms with E-state index in [1.54, 1.807) is 31.2 Å². The molecule has 1 amide bonds. The van der Waals surface area contributed by atoms with E-state index in [4.69, 9.17) is 5.84 Å². The van der Waals surface area contributed by atoms with E-state index in [9.17, 15) is 9.59 Å². The van der Waals surface area contributed by atoms with Gasteiger partial charge in [0.05, 0.1) is 10.9 Å². The normalized spacial score (nSPS) is 10.4. The highest BCUT2D eigenvalue weighted by Gasteiger charge is 2.14. The van der Waals surface area contributed by atoms with Gasteiger partial charge < -0.3 is 11.2 Å². The molecule has 0 aliphatic rings. The van der Waals surface area contributed by atoms with Crippen molar-refractivity contribution in [1.29, 1.82) is 0 Å². The lowest BCUT2D eigenvalue weighted by Crippen LogP contribution is -2.37. The van der Waals surface area contributed by atoms with Crippen molar-refractivity contribution in [2.24, 2.45) is 0 Å². The predicted molar refractivity (Wildman–Crippen MR) is 64.2 cm³/mol. The molecular formula is C11H12N4O2. The standard InChI is InChI=1S/C11H12N4O2/c1-2-13-10(16)9-14-8-6-4-3-5-7(8)11(17)15(9)12/h3-6H,2,12H2,1H3,(H,13,16). The van der Waals surface area contributed by atoms with Gasteiger partial charge in [0.2, 0.25) is 5.82 Å². The van der Waals surface area contributed by atoms with Crippen LogP contribution in [0.15, 0.2) is 29.1 Å². The average molecular weight is 232 g/mol. The second-order valence-corrected chi connectivity index (χ2v) is 3.49. The second kappa shape index (κ2) is 4.25. The van der Waals surface area contributed by atoms with Gasteiger partial charge in [0, 0.05) is 6.54 Å². The third-order valence-corrected chi connectivity index (χ3v) is 2.35. The van der Waals surface area contributed by atoms with Crippen molar-refractivity contribution >= 4 is 16.8 Å². The number of benzene rings is 1. The zero-order valence-corrected chi connectivity index (χ0v) is 9.30. The summed E-state index contributed by atoms with van der Waals surface area (Å²) in [6, 6.07) is 6.75. The highest BCUT2D eigenvalue weighted by atomic mass is 16.2. The summed E-state index contributed by atoms with van der Waals surface area (Å²) in [7, 11) is 0. The summed E-state index contributed by atoms with van der Waals surface area (Å²) < 4.78 is 0.771. The molecule has 88 valence electrons. The maximum Gasteiger partial charge on any atom is 0.289 e. The molecule has 0 unspecified atom stereocenters. The van der Waals surface area contributed by atoms with Crippen molar-refractivity contribution in [3.05, 3.63) is 40.4 Å². The Labute approximate surface area is 97.0 Å². The number of carbonyl (C=O) groups is 1. The minimum absolute atomic E-state index is 0.0875. The van der Waals surface area contributed by atoms with E-state index in [0.29, 0.717) is 17.4 Å². The molecule has 2 aromatic rings. The molecule has 2 rings (SSSR count). The van der Waals surface area contributed by atoms with Gasteiger partial charge in [0.25, 0.3) is 11.5 Å². The monoisotopic (exact) mass is 232 g/mol. The van der Waals surface area contributed by atoms with E-state index in [1.165, 1.54) is 0 Å². The maximum absolute atomic E-state index is 11.9. The van der Waals surface area contributed by atoms with E-state index in [-0.39, 0.29) is 5.82 Å². The van der Waals surface area contributed by atoms with Crippen molar-refractivity contribution in [2.45, 2.75) is 6.92 Å². The first-order valence-corrected chi connectivity index (χ1v) is 5.20. The average Bonchev–Trinajstić information content (AvgIpc) is 2.34. The van der Waals surface area contributed by atoms with Crippen molar-refractivity contribution in [3.8, 4) is 0 Å². The Balaban J connectivity index is 2.70. The molecule has 1 aromatic carbocycles. The van der Waals surface area contributed by atoms with Crippen LogP contribution in [0.25, 0.3) is 10.9 Å². The molecule has 0 radical (unpaired) electrons. The SMILES string of the molecule is CCNC(=O)c1nc2ccccc2c(=O)n1N. The second-order valence-electron chi connectivity index (χ2n) is 3.49. The van der Waals surface area contributed by atoms with E-state index in [0.717, 1.165) is 4.68 Å². The summed E-state index contributed by atoms with van der Waals surface area (Å²) >= 11 is 0. The summed E-state index contributed by atoms with van der Waals surface area (Å²) in [6.45, 7) is 2.22. The van der Waals surface area contributed by atoms with Crippen LogP contribution >= 0.6 is 0 Å². The molecule has 1 heterocycles. The van der Waals surface area contributed by atoms with Gasteiger partial charge in [0.15, 0.2) is 0 Å². The third-order valence-electron chi connectivity index (χ3n) is 2.35. The molecule has 0 saturated carbocycles. The molecule has 6 heteroatoms. The predicted octanol–water partition coefficient (Wildman–Crippen LogP) is -0.140. The number of nitrogens with one attached hydrogen (secondary N) is 1. The number of aromatic nitrogens is 2. The molecule has 0 bridgehead atoms. The molecular weight excluding hydrogens is 220 g/mol. The molecule has 0 atom stereocenters. The molecule has 0 fully saturated rings. The first-order valence-electron chi connectivity index (χ1n) is 5.20. The summed E-state index contributed by atoms with van der Waals surface area (Å²) in [6.07, 6.45) is 0. The number of para-hydroxylation sites is 1. The van der Waals surface area contributed by atoms with Gasteiger partial charge in [-0.25, -0.2) is 9.66 Å². The van der Waals surface area contributed by atoms with E-state index < -0.39 is 11.5 Å². The van der Waals surface area contributed by atoms with Crippen LogP contribution in [0.5, 0.6) is 0 Å². The lowest BCUT2D eigenvalue weighted by atomic mass is 10.2. The Morgan fingerprint density at radius 3 is 2.88 bits per heavy atom. The highest BCUT2D eigenvalue weighted by molar-refractivity contribution is 5.92. The Kier molecular flexibility index (Phi) is 2.78. The lowest BCUT2D eigenvalue weighted by Gasteiger charge is -2.07. The minimum Gasteiger partial charge on any atom is -0.350 e. The molecule has 0 aliphatic carbocycles. The molecule has 17 heavy (non-hydrogen) atoms. The highest BCUT2D eigenvalue weighted by Crippen LogP contribution is 2.06. The first kappa shape index (κ1) is 11.1. The molecule has 0 spiro atoms. The summed E-state index contributed by atoms with van der Waals surface area (Å²) in [5.41, 5.74) is 0.0253. The van der Waals surface area contributed by atoms with Crippen LogP contribution in [0, 0.1) is 0 Å². The van der Waals surface area contributed by atoms with Crippen molar-refractivity contribution in [3.63, 3.8) is 0 Å². The topological polar surface area (TPSA) is 90.0 Å². The van der Waals surface area contributed by atoms with Gasteiger partial charge in [-0.3, -0.25) is 9.59 Å². The quantitative estimate of drug-likeness (QED) is 0.705. The number of nitrogens with zero attached hydrogens (tertiary/aromatic N) is 2. The minimum atomic E-state index is -0.460. The summed E-state index contributed by atoms with van der Waals surface area (Å²) in [4.78, 5) is 27.6. The largest absolute Gasteiger partial charge is 0.350 e. The van der Waals surface area contributed by atoms with Crippen LogP contribution in [0.4, 0.5) is 0 Å². The van der Waals surface area contributed by atoms with Gasteiger partial charge >= 0.3 is 0 Å². The summed E-state index contributed by atoms with van der Waals surface area (Å²) in [5.74, 6) is 5.01. The van der Waals surface area contributed by atoms with Crippen molar-refractivity contribution in [2.75, 3.05) is 12.4 Å². The number of nitrogens with two attached hydrogens (primary N) is 1. The maximum atomic E-state index is 11.9. The Bertz CT molecular complexity index is 633. The Hall–Kier alpha value is -2.37. The van der Waals surface area contributed by atoms with E-state index >= 15 is 0 Å². The van der Waals surface area contributed by atoms with Crippen molar-refractivity contribution in [1.82, 2.24) is 15.0 Å². The van der Waals surface area contributed by atoms with Crippen molar-refractivity contribution < 1.29 is 4.79 Å². The number of nitrogen functional groups attached to an aromatic ring is 1.